The first-order valence-corrected chi connectivity index (χ1v) is 18.5. The summed E-state index contributed by atoms with van der Waals surface area (Å²) < 4.78 is 8.90. The third kappa shape index (κ3) is 6.51. The van der Waals surface area contributed by atoms with Gasteiger partial charge in [0.15, 0.2) is 5.82 Å². The van der Waals surface area contributed by atoms with Gasteiger partial charge in [-0.1, -0.05) is 26.5 Å². The SMILES string of the molecule is C=CC(=O)Nc1cc(Nc2nc(-c3ccnc(N4CCn5c(cc6c5CC(C)(C)C6)C4=O)c3CO)cn(C)c2=O)ccc1[C@H]1CN(C2COC2)CC(=O)N1C. The highest BCUT2D eigenvalue weighted by atomic mass is 16.5. The summed E-state index contributed by atoms with van der Waals surface area (Å²) in [4.78, 5) is 67.8. The van der Waals surface area contributed by atoms with Crippen molar-refractivity contribution in [2.45, 2.75) is 51.9 Å². The molecule has 0 spiro atoms. The second kappa shape index (κ2) is 13.9. The van der Waals surface area contributed by atoms with E-state index in [9.17, 15) is 24.3 Å². The fourth-order valence-electron chi connectivity index (χ4n) is 8.28. The van der Waals surface area contributed by atoms with Gasteiger partial charge in [0.05, 0.1) is 44.1 Å². The molecule has 0 saturated carbocycles. The van der Waals surface area contributed by atoms with Crippen LogP contribution >= 0.6 is 0 Å². The summed E-state index contributed by atoms with van der Waals surface area (Å²) in [5.41, 5.74) is 5.75. The molecule has 1 atom stereocenters. The topological polar surface area (TPSA) is 167 Å². The number of nitrogens with zero attached hydrogens (tertiary/aromatic N) is 7. The number of aliphatic hydroxyl groups is 1. The van der Waals surface area contributed by atoms with E-state index in [1.807, 2.05) is 12.1 Å². The number of piperazine rings is 1. The number of amides is 3. The molecule has 8 rings (SSSR count). The molecule has 0 bridgehead atoms. The highest BCUT2D eigenvalue weighted by Crippen LogP contribution is 2.40. The lowest BCUT2D eigenvalue weighted by Crippen LogP contribution is -2.58. The number of likely N-dealkylation sites (N-methyl/N-ethyl adjacent to an activating group) is 1. The molecule has 6 heterocycles. The molecular formula is C40H45N9O6. The second-order valence-corrected chi connectivity index (χ2v) is 15.6. The van der Waals surface area contributed by atoms with Gasteiger partial charge in [-0.3, -0.25) is 29.0 Å². The Bertz CT molecular complexity index is 2310. The van der Waals surface area contributed by atoms with E-state index < -0.39 is 18.1 Å². The number of aliphatic hydroxyl groups excluding tert-OH is 1. The number of nitrogens with one attached hydrogen (secondary N) is 2. The molecule has 55 heavy (non-hydrogen) atoms. The fraction of sp³-hybridized carbons (Fsp3) is 0.400. The summed E-state index contributed by atoms with van der Waals surface area (Å²) in [7, 11) is 3.36. The lowest BCUT2D eigenvalue weighted by Gasteiger charge is -2.45. The Balaban J connectivity index is 1.11. The summed E-state index contributed by atoms with van der Waals surface area (Å²) >= 11 is 0. The molecule has 2 saturated heterocycles. The van der Waals surface area contributed by atoms with Gasteiger partial charge < -0.3 is 34.5 Å². The number of aryl methyl sites for hydroxylation is 1. The average molecular weight is 748 g/mol. The molecule has 3 aliphatic heterocycles. The molecule has 1 aromatic carbocycles. The van der Waals surface area contributed by atoms with E-state index >= 15 is 0 Å². The molecule has 15 nitrogen and oxygen atoms in total. The minimum Gasteiger partial charge on any atom is -0.392 e. The summed E-state index contributed by atoms with van der Waals surface area (Å²) in [6.45, 7) is 10.7. The number of pyridine rings is 1. The lowest BCUT2D eigenvalue weighted by atomic mass is 9.90. The van der Waals surface area contributed by atoms with Crippen molar-refractivity contribution in [3.63, 3.8) is 0 Å². The summed E-state index contributed by atoms with van der Waals surface area (Å²) in [6.07, 6.45) is 6.16. The van der Waals surface area contributed by atoms with Gasteiger partial charge in [-0.15, -0.1) is 0 Å². The van der Waals surface area contributed by atoms with E-state index in [1.54, 1.807) is 54.5 Å². The number of carbonyl (C=O) groups excluding carboxylic acids is 3. The van der Waals surface area contributed by atoms with Crippen LogP contribution in [0, 0.1) is 5.41 Å². The minimum atomic E-state index is -0.429. The van der Waals surface area contributed by atoms with Gasteiger partial charge in [-0.05, 0) is 59.7 Å². The number of hydrogen-bond donors (Lipinski definition) is 3. The Morgan fingerprint density at radius 3 is 2.64 bits per heavy atom. The maximum atomic E-state index is 13.9. The van der Waals surface area contributed by atoms with Gasteiger partial charge in [0.1, 0.15) is 11.5 Å². The van der Waals surface area contributed by atoms with Crippen molar-refractivity contribution in [2.24, 2.45) is 12.5 Å². The molecule has 4 aliphatic rings. The van der Waals surface area contributed by atoms with Gasteiger partial charge >= 0.3 is 0 Å². The monoisotopic (exact) mass is 747 g/mol. The molecule has 4 aromatic rings. The molecule has 15 heteroatoms. The quantitative estimate of drug-likeness (QED) is 0.217. The largest absolute Gasteiger partial charge is 0.392 e. The Kier molecular flexibility index (Phi) is 9.18. The van der Waals surface area contributed by atoms with Crippen LogP contribution in [0.15, 0.2) is 60.2 Å². The van der Waals surface area contributed by atoms with E-state index in [0.717, 1.165) is 18.4 Å². The summed E-state index contributed by atoms with van der Waals surface area (Å²) in [5.74, 6) is -0.298. The Morgan fingerprint density at radius 2 is 1.91 bits per heavy atom. The van der Waals surface area contributed by atoms with Crippen molar-refractivity contribution in [3.05, 3.63) is 93.8 Å². The van der Waals surface area contributed by atoms with Crippen molar-refractivity contribution >= 4 is 40.7 Å². The first-order chi connectivity index (χ1) is 26.3. The van der Waals surface area contributed by atoms with Gasteiger partial charge in [-0.25, -0.2) is 9.97 Å². The van der Waals surface area contributed by atoms with Crippen LogP contribution in [0.5, 0.6) is 0 Å². The van der Waals surface area contributed by atoms with Crippen molar-refractivity contribution in [1.82, 2.24) is 28.9 Å². The summed E-state index contributed by atoms with van der Waals surface area (Å²) in [6, 6.07) is 8.81. The van der Waals surface area contributed by atoms with E-state index in [-0.39, 0.29) is 35.1 Å². The van der Waals surface area contributed by atoms with Gasteiger partial charge in [-0.2, -0.15) is 0 Å². The molecular weight excluding hydrogens is 702 g/mol. The first kappa shape index (κ1) is 36.3. The Morgan fingerprint density at radius 1 is 1.11 bits per heavy atom. The standard InChI is InChI=1S/C40H45N9O6/c1-6-34(51)43-29-14-24(7-8-27(29)33-18-47(25-21-55-22-25)19-35(52)46(33)5)42-36-39(54)45(4)17-30(44-36)26-9-10-41-37(28(26)20-50)49-12-11-48-31(38(49)53)13-23-15-40(2,3)16-32(23)48/h6-10,13-14,17,25,33,50H,1,11-12,15-16,18-22H2,2-5H3,(H,42,44)(H,43,51)/t33-/m1/s1. The van der Waals surface area contributed by atoms with Crippen LogP contribution in [0.2, 0.25) is 0 Å². The van der Waals surface area contributed by atoms with Crippen LogP contribution in [0.1, 0.15) is 52.8 Å². The molecule has 2 fully saturated rings. The minimum absolute atomic E-state index is 0.00133. The van der Waals surface area contributed by atoms with Crippen LogP contribution in [0.3, 0.4) is 0 Å². The van der Waals surface area contributed by atoms with Crippen LogP contribution < -0.4 is 21.1 Å². The fourth-order valence-corrected chi connectivity index (χ4v) is 8.28. The normalized spacial score (nSPS) is 19.5. The number of aromatic nitrogens is 4. The summed E-state index contributed by atoms with van der Waals surface area (Å²) in [5, 5.41) is 16.8. The first-order valence-electron chi connectivity index (χ1n) is 18.5. The zero-order valence-electron chi connectivity index (χ0n) is 31.5. The van der Waals surface area contributed by atoms with Crippen molar-refractivity contribution < 1.29 is 24.2 Å². The molecule has 3 amide bonds. The van der Waals surface area contributed by atoms with E-state index in [1.165, 1.54) is 21.9 Å². The van der Waals surface area contributed by atoms with Crippen molar-refractivity contribution in [2.75, 3.05) is 55.4 Å². The van der Waals surface area contributed by atoms with E-state index in [0.29, 0.717) is 79.1 Å². The zero-order chi connectivity index (χ0) is 38.8. The van der Waals surface area contributed by atoms with Gasteiger partial charge in [0, 0.05) is 74.3 Å². The number of ether oxygens (including phenoxy) is 1. The van der Waals surface area contributed by atoms with Gasteiger partial charge in [0.2, 0.25) is 11.8 Å². The maximum Gasteiger partial charge on any atom is 0.293 e. The smallest absolute Gasteiger partial charge is 0.293 e. The Hall–Kier alpha value is -5.64. The van der Waals surface area contributed by atoms with Crippen LogP contribution in [-0.2, 0) is 47.4 Å². The van der Waals surface area contributed by atoms with E-state index in [4.69, 9.17) is 9.72 Å². The number of carbonyl (C=O) groups is 3. The molecule has 3 aromatic heterocycles. The molecule has 286 valence electrons. The predicted octanol–water partition coefficient (Wildman–Crippen LogP) is 3.00. The molecule has 3 N–H and O–H groups in total. The number of hydrogen-bond acceptors (Lipinski definition) is 10. The van der Waals surface area contributed by atoms with Gasteiger partial charge in [0.25, 0.3) is 11.5 Å². The predicted molar refractivity (Wildman–Crippen MR) is 206 cm³/mol. The number of anilines is 4. The third-order valence-corrected chi connectivity index (χ3v) is 11.3. The third-order valence-electron chi connectivity index (χ3n) is 11.3. The van der Waals surface area contributed by atoms with Crippen molar-refractivity contribution in [1.29, 1.82) is 0 Å². The van der Waals surface area contributed by atoms with Crippen LogP contribution in [0.25, 0.3) is 11.3 Å². The highest BCUT2D eigenvalue weighted by Gasteiger charge is 2.39. The van der Waals surface area contributed by atoms with Crippen LogP contribution in [0.4, 0.5) is 23.0 Å². The lowest BCUT2D eigenvalue weighted by molar-refractivity contribution is -0.146. The highest BCUT2D eigenvalue weighted by molar-refractivity contribution is 6.06. The molecule has 1 aliphatic carbocycles. The maximum absolute atomic E-state index is 13.9. The number of benzene rings is 1. The molecule has 0 radical (unpaired) electrons. The number of fused-ring (bicyclic) bond motifs is 3. The molecule has 0 unspecified atom stereocenters. The Labute approximate surface area is 318 Å². The van der Waals surface area contributed by atoms with Crippen LogP contribution in [-0.4, -0.2) is 97.7 Å². The number of rotatable bonds is 9. The zero-order valence-corrected chi connectivity index (χ0v) is 31.5. The average Bonchev–Trinajstić information content (AvgIpc) is 3.63. The second-order valence-electron chi connectivity index (χ2n) is 15.6. The van der Waals surface area contributed by atoms with E-state index in [2.05, 4.69) is 45.5 Å². The van der Waals surface area contributed by atoms with Crippen molar-refractivity contribution in [3.8, 4) is 11.3 Å².